The maximum absolute atomic E-state index is 15.6. The first kappa shape index (κ1) is 34.8. The van der Waals surface area contributed by atoms with Gasteiger partial charge in [0, 0.05) is 66.3 Å². The van der Waals surface area contributed by atoms with Gasteiger partial charge in [-0.15, -0.1) is 11.8 Å². The molecule has 3 aliphatic heterocycles. The van der Waals surface area contributed by atoms with Gasteiger partial charge in [-0.1, -0.05) is 11.6 Å². The normalized spacial score (nSPS) is 21.6. The van der Waals surface area contributed by atoms with Gasteiger partial charge in [-0.2, -0.15) is 4.98 Å². The monoisotopic (exact) mass is 737 g/mol. The number of piperazine rings is 1. The van der Waals surface area contributed by atoms with Crippen molar-refractivity contribution in [3.63, 3.8) is 0 Å². The van der Waals surface area contributed by atoms with Crippen molar-refractivity contribution >= 4 is 69.0 Å². The van der Waals surface area contributed by atoms with E-state index in [1.807, 2.05) is 18.7 Å². The van der Waals surface area contributed by atoms with Crippen LogP contribution in [0.4, 0.5) is 21.6 Å². The minimum atomic E-state index is -1.37. The number of nitrogens with zero attached hydrogens (tertiary/aromatic N) is 7. The van der Waals surface area contributed by atoms with Gasteiger partial charge in [0.2, 0.25) is 5.43 Å². The van der Waals surface area contributed by atoms with E-state index in [4.69, 9.17) is 16.3 Å². The van der Waals surface area contributed by atoms with Crippen LogP contribution in [0.25, 0.3) is 10.9 Å². The molecule has 3 unspecified atom stereocenters. The van der Waals surface area contributed by atoms with E-state index >= 15 is 4.39 Å². The highest BCUT2D eigenvalue weighted by atomic mass is 35.5. The van der Waals surface area contributed by atoms with Crippen LogP contribution < -0.4 is 20.9 Å². The third-order valence-electron chi connectivity index (χ3n) is 9.34. The number of thioether (sulfide) groups is 1. The van der Waals surface area contributed by atoms with Gasteiger partial charge in [-0.3, -0.25) is 24.0 Å². The summed E-state index contributed by atoms with van der Waals surface area (Å²) in [6, 6.07) is 9.15. The smallest absolute Gasteiger partial charge is 0.351 e. The van der Waals surface area contributed by atoms with Crippen molar-refractivity contribution < 1.29 is 28.9 Å². The zero-order valence-corrected chi connectivity index (χ0v) is 29.1. The number of fused-ring (bicyclic) bond motifs is 2. The molecule has 4 aromatic rings. The predicted octanol–water partition coefficient (Wildman–Crippen LogP) is 3.28. The number of carbonyl (C=O) groups excluding carboxylic acids is 1. The van der Waals surface area contributed by atoms with Crippen LogP contribution in [0.2, 0.25) is 5.02 Å². The Balaban J connectivity index is 1.11. The SMILES string of the molecule is CCn1cc(C(=O)O)c(=O)c2cc(F)c(N3CCN(CN4C(=O)C(=Nc5ccn(C6CSC(CO)O6)c(=O)n5)c5cc(Cl)ccc54)C(C)C3)cc21. The number of aromatic nitrogens is 3. The highest BCUT2D eigenvalue weighted by Gasteiger charge is 2.37. The zero-order valence-electron chi connectivity index (χ0n) is 27.5. The molecule has 0 bridgehead atoms. The lowest BCUT2D eigenvalue weighted by Crippen LogP contribution is -2.55. The maximum Gasteiger partial charge on any atom is 0.351 e. The topological polar surface area (TPSA) is 163 Å². The molecule has 2 fully saturated rings. The number of carboxylic acids is 1. The van der Waals surface area contributed by atoms with Crippen LogP contribution in [0.3, 0.4) is 0 Å². The Labute approximate surface area is 299 Å². The van der Waals surface area contributed by atoms with Crippen LogP contribution in [0.15, 0.2) is 63.4 Å². The Hall–Kier alpha value is -4.61. The van der Waals surface area contributed by atoms with E-state index in [0.29, 0.717) is 59.4 Å². The Morgan fingerprint density at radius 3 is 2.65 bits per heavy atom. The third kappa shape index (κ3) is 6.42. The molecule has 5 heterocycles. The summed E-state index contributed by atoms with van der Waals surface area (Å²) in [5.41, 5.74) is -0.262. The molecule has 51 heavy (non-hydrogen) atoms. The fourth-order valence-corrected chi connectivity index (χ4v) is 7.78. The molecule has 0 aliphatic carbocycles. The highest BCUT2D eigenvalue weighted by Crippen LogP contribution is 2.35. The fourth-order valence-electron chi connectivity index (χ4n) is 6.68. The molecule has 2 N–H and O–H groups in total. The first-order valence-electron chi connectivity index (χ1n) is 16.2. The van der Waals surface area contributed by atoms with Crippen LogP contribution in [-0.2, 0) is 16.1 Å². The van der Waals surface area contributed by atoms with Gasteiger partial charge in [0.05, 0.1) is 30.2 Å². The number of hydrogen-bond donors (Lipinski definition) is 2. The first-order valence-corrected chi connectivity index (χ1v) is 17.7. The number of rotatable bonds is 8. The van der Waals surface area contributed by atoms with Gasteiger partial charge in [0.1, 0.15) is 28.8 Å². The number of anilines is 2. The molecule has 2 aromatic heterocycles. The van der Waals surface area contributed by atoms with Gasteiger partial charge in [0.25, 0.3) is 5.91 Å². The number of amides is 1. The average Bonchev–Trinajstić information content (AvgIpc) is 3.68. The molecule has 7 rings (SSSR count). The number of ether oxygens (including phenoxy) is 1. The number of halogens is 2. The fraction of sp³-hybridized carbons (Fsp3) is 0.353. The molecule has 266 valence electrons. The van der Waals surface area contributed by atoms with Crippen LogP contribution in [-0.4, -0.2) is 97.0 Å². The minimum Gasteiger partial charge on any atom is -0.477 e. The van der Waals surface area contributed by atoms with Gasteiger partial charge >= 0.3 is 11.7 Å². The number of aromatic carboxylic acids is 1. The van der Waals surface area contributed by atoms with Crippen molar-refractivity contribution in [1.29, 1.82) is 0 Å². The van der Waals surface area contributed by atoms with Crippen molar-refractivity contribution in [3.05, 3.63) is 91.5 Å². The van der Waals surface area contributed by atoms with E-state index < -0.39 is 46.0 Å². The van der Waals surface area contributed by atoms with Crippen molar-refractivity contribution in [2.24, 2.45) is 4.99 Å². The molecule has 0 spiro atoms. The van der Waals surface area contributed by atoms with Crippen LogP contribution in [0, 0.1) is 5.82 Å². The second kappa shape index (κ2) is 13.8. The van der Waals surface area contributed by atoms with E-state index in [1.165, 1.54) is 34.8 Å². The summed E-state index contributed by atoms with van der Waals surface area (Å²) in [7, 11) is 0. The van der Waals surface area contributed by atoms with Gasteiger partial charge in [0.15, 0.2) is 5.82 Å². The molecule has 3 aliphatic rings. The number of benzene rings is 2. The predicted molar refractivity (Wildman–Crippen MR) is 191 cm³/mol. The lowest BCUT2D eigenvalue weighted by Gasteiger charge is -2.42. The summed E-state index contributed by atoms with van der Waals surface area (Å²) in [4.78, 5) is 65.4. The van der Waals surface area contributed by atoms with Crippen LogP contribution >= 0.6 is 23.4 Å². The van der Waals surface area contributed by atoms with E-state index in [0.717, 1.165) is 6.07 Å². The summed E-state index contributed by atoms with van der Waals surface area (Å²) < 4.78 is 24.2. The van der Waals surface area contributed by atoms with Gasteiger partial charge < -0.3 is 24.4 Å². The lowest BCUT2D eigenvalue weighted by atomic mass is 10.1. The number of hydrogen-bond acceptors (Lipinski definition) is 11. The first-order chi connectivity index (χ1) is 24.5. The Kier molecular flexibility index (Phi) is 9.45. The Bertz CT molecular complexity index is 2230. The second-order valence-corrected chi connectivity index (χ2v) is 14.0. The van der Waals surface area contributed by atoms with Crippen molar-refractivity contribution in [3.8, 4) is 0 Å². The molecule has 17 heteroatoms. The van der Waals surface area contributed by atoms with E-state index in [9.17, 15) is 29.4 Å². The van der Waals surface area contributed by atoms with Crippen LogP contribution in [0.1, 0.15) is 36.0 Å². The number of carbonyl (C=O) groups is 2. The zero-order chi connectivity index (χ0) is 36.1. The molecule has 0 saturated carbocycles. The summed E-state index contributed by atoms with van der Waals surface area (Å²) in [5, 5.41) is 19.2. The number of aliphatic imine (C=N–C) groups is 1. The highest BCUT2D eigenvalue weighted by molar-refractivity contribution is 8.00. The lowest BCUT2D eigenvalue weighted by molar-refractivity contribution is -0.112. The molecule has 3 atom stereocenters. The van der Waals surface area contributed by atoms with E-state index in [-0.39, 0.29) is 36.2 Å². The number of pyridine rings is 1. The summed E-state index contributed by atoms with van der Waals surface area (Å²) in [6.07, 6.45) is 2.21. The minimum absolute atomic E-state index is 0.00274. The average molecular weight is 738 g/mol. The number of carboxylic acid groups (broad SMARTS) is 1. The van der Waals surface area contributed by atoms with Crippen molar-refractivity contribution in [2.45, 2.75) is 38.1 Å². The molecular formula is C34H33ClFN7O7S. The summed E-state index contributed by atoms with van der Waals surface area (Å²) in [6.45, 7) is 5.48. The van der Waals surface area contributed by atoms with Gasteiger partial charge in [-0.05, 0) is 50.2 Å². The van der Waals surface area contributed by atoms with Crippen LogP contribution in [0.5, 0.6) is 0 Å². The third-order valence-corrected chi connectivity index (χ3v) is 10.7. The number of aliphatic hydroxyl groups excluding tert-OH is 1. The number of aliphatic hydroxyl groups is 1. The molecule has 2 aromatic carbocycles. The van der Waals surface area contributed by atoms with Crippen molar-refractivity contribution in [2.75, 3.05) is 48.5 Å². The second-order valence-electron chi connectivity index (χ2n) is 12.4. The quantitative estimate of drug-likeness (QED) is 0.273. The van der Waals surface area contributed by atoms with Gasteiger partial charge in [-0.25, -0.2) is 19.0 Å². The Morgan fingerprint density at radius 2 is 1.96 bits per heavy atom. The van der Waals surface area contributed by atoms with E-state index in [1.54, 1.807) is 33.7 Å². The summed E-state index contributed by atoms with van der Waals surface area (Å²) in [5.74, 6) is -1.87. The van der Waals surface area contributed by atoms with Crippen molar-refractivity contribution in [1.82, 2.24) is 19.0 Å². The molecule has 1 amide bonds. The molecular weight excluding hydrogens is 705 g/mol. The maximum atomic E-state index is 15.6. The van der Waals surface area contributed by atoms with E-state index in [2.05, 4.69) is 14.9 Å². The molecule has 0 radical (unpaired) electrons. The Morgan fingerprint density at radius 1 is 1.16 bits per heavy atom. The molecule has 2 saturated heterocycles. The number of aryl methyl sites for hydroxylation is 1. The molecule has 14 nitrogen and oxygen atoms in total. The summed E-state index contributed by atoms with van der Waals surface area (Å²) >= 11 is 7.73. The largest absolute Gasteiger partial charge is 0.477 e. The standard InChI is InChI=1S/C34H33ClFN7O7S/c1-3-39-14-22(33(47)48)31(45)21-11-23(36)26(12-25(21)39)40-8-9-41(18(2)13-40)17-43-24-5-4-19(35)10-20(24)30(32(43)46)37-27-6-7-42(34(49)38-27)28-16-51-29(15-44)50-28/h4-7,10-12,14,18,28-29,44H,3,8-9,13,15-17H2,1-2H3,(H,47,48).